The molecule has 0 aliphatic carbocycles. The highest BCUT2D eigenvalue weighted by atomic mass is 35.5. The van der Waals surface area contributed by atoms with Crippen molar-refractivity contribution in [2.45, 2.75) is 6.42 Å². The molecule has 21 heavy (non-hydrogen) atoms. The van der Waals surface area contributed by atoms with Crippen molar-refractivity contribution in [1.29, 1.82) is 0 Å². The predicted molar refractivity (Wildman–Crippen MR) is 88.3 cm³/mol. The van der Waals surface area contributed by atoms with Gasteiger partial charge in [-0.15, -0.1) is 0 Å². The van der Waals surface area contributed by atoms with Gasteiger partial charge in [-0.2, -0.15) is 0 Å². The van der Waals surface area contributed by atoms with Gasteiger partial charge in [0.25, 0.3) is 0 Å². The summed E-state index contributed by atoms with van der Waals surface area (Å²) in [5.41, 5.74) is 2.70. The van der Waals surface area contributed by atoms with Crippen LogP contribution in [0.3, 0.4) is 0 Å². The Morgan fingerprint density at radius 1 is 0.905 bits per heavy atom. The van der Waals surface area contributed by atoms with Gasteiger partial charge in [-0.05, 0) is 17.7 Å². The van der Waals surface area contributed by atoms with Crippen molar-refractivity contribution in [3.05, 3.63) is 75.1 Å². The van der Waals surface area contributed by atoms with E-state index in [9.17, 15) is 0 Å². The van der Waals surface area contributed by atoms with Crippen molar-refractivity contribution in [3.8, 4) is 11.3 Å². The molecule has 0 bridgehead atoms. The van der Waals surface area contributed by atoms with Crippen LogP contribution in [0.2, 0.25) is 15.1 Å². The van der Waals surface area contributed by atoms with Crippen LogP contribution in [-0.4, -0.2) is 9.97 Å². The van der Waals surface area contributed by atoms with E-state index in [2.05, 4.69) is 9.97 Å². The van der Waals surface area contributed by atoms with Crippen molar-refractivity contribution in [3.63, 3.8) is 0 Å². The van der Waals surface area contributed by atoms with Crippen molar-refractivity contribution in [2.24, 2.45) is 0 Å². The first kappa shape index (κ1) is 14.5. The van der Waals surface area contributed by atoms with Crippen LogP contribution in [0.25, 0.3) is 11.3 Å². The summed E-state index contributed by atoms with van der Waals surface area (Å²) < 4.78 is 0. The van der Waals surface area contributed by atoms with Crippen LogP contribution in [-0.2, 0) is 6.42 Å². The van der Waals surface area contributed by atoms with Gasteiger partial charge in [-0.25, -0.2) is 4.98 Å². The molecule has 0 aliphatic heterocycles. The second kappa shape index (κ2) is 6.10. The normalized spacial score (nSPS) is 10.8. The van der Waals surface area contributed by atoms with Crippen molar-refractivity contribution in [2.75, 3.05) is 0 Å². The van der Waals surface area contributed by atoms with E-state index in [0.717, 1.165) is 27.7 Å². The summed E-state index contributed by atoms with van der Waals surface area (Å²) >= 11 is 18.4. The van der Waals surface area contributed by atoms with Gasteiger partial charge in [0.1, 0.15) is 5.82 Å². The fraction of sp³-hybridized carbons (Fsp3) is 0.0625. The third kappa shape index (κ3) is 3.08. The number of benzene rings is 2. The molecule has 3 rings (SSSR count). The molecule has 0 fully saturated rings. The van der Waals surface area contributed by atoms with E-state index in [1.807, 2.05) is 36.4 Å². The van der Waals surface area contributed by atoms with Crippen LogP contribution in [0.15, 0.2) is 48.7 Å². The summed E-state index contributed by atoms with van der Waals surface area (Å²) in [5.74, 6) is 0.828. The SMILES string of the molecule is Clc1ccccc1Cc1ncc(-c2cccc(Cl)c2Cl)[nH]1. The molecule has 1 N–H and O–H groups in total. The Morgan fingerprint density at radius 3 is 2.48 bits per heavy atom. The van der Waals surface area contributed by atoms with Gasteiger partial charge in [0.15, 0.2) is 0 Å². The number of nitrogens with zero attached hydrogens (tertiary/aromatic N) is 1. The number of aromatic nitrogens is 2. The highest BCUT2D eigenvalue weighted by Crippen LogP contribution is 2.32. The van der Waals surface area contributed by atoms with E-state index in [1.165, 1.54) is 0 Å². The average molecular weight is 338 g/mol. The lowest BCUT2D eigenvalue weighted by molar-refractivity contribution is 1.03. The molecule has 0 amide bonds. The van der Waals surface area contributed by atoms with Gasteiger partial charge < -0.3 is 4.98 Å². The Labute approximate surface area is 137 Å². The van der Waals surface area contributed by atoms with Crippen molar-refractivity contribution in [1.82, 2.24) is 9.97 Å². The molecule has 0 saturated heterocycles. The standard InChI is InChI=1S/C16H11Cl3N2/c17-12-6-2-1-4-10(12)8-15-20-9-14(21-15)11-5-3-7-13(18)16(11)19/h1-7,9H,8H2,(H,20,21). The van der Waals surface area contributed by atoms with Crippen molar-refractivity contribution >= 4 is 34.8 Å². The minimum absolute atomic E-state index is 0.520. The van der Waals surface area contributed by atoms with Gasteiger partial charge in [0, 0.05) is 17.0 Å². The Morgan fingerprint density at radius 2 is 1.67 bits per heavy atom. The van der Waals surface area contributed by atoms with E-state index in [1.54, 1.807) is 12.3 Å². The first-order valence-corrected chi connectivity index (χ1v) is 7.50. The molecule has 1 aromatic heterocycles. The zero-order valence-electron chi connectivity index (χ0n) is 10.9. The lowest BCUT2D eigenvalue weighted by Crippen LogP contribution is -1.91. The van der Waals surface area contributed by atoms with Gasteiger partial charge in [0.05, 0.1) is 21.9 Å². The first-order valence-electron chi connectivity index (χ1n) is 6.37. The fourth-order valence-corrected chi connectivity index (χ4v) is 2.73. The van der Waals surface area contributed by atoms with Crippen LogP contribution < -0.4 is 0 Å². The Kier molecular flexibility index (Phi) is 4.20. The third-order valence-corrected chi connectivity index (χ3v) is 4.37. The molecule has 3 aromatic rings. The Bertz CT molecular complexity index is 781. The Hall–Kier alpha value is -1.48. The maximum Gasteiger partial charge on any atom is 0.110 e. The quantitative estimate of drug-likeness (QED) is 0.659. The van der Waals surface area contributed by atoms with Crippen LogP contribution in [0, 0.1) is 0 Å². The van der Waals surface area contributed by atoms with Gasteiger partial charge in [-0.1, -0.05) is 65.1 Å². The van der Waals surface area contributed by atoms with E-state index in [0.29, 0.717) is 16.5 Å². The monoisotopic (exact) mass is 336 g/mol. The lowest BCUT2D eigenvalue weighted by Gasteiger charge is -2.03. The molecular formula is C16H11Cl3N2. The van der Waals surface area contributed by atoms with E-state index >= 15 is 0 Å². The maximum absolute atomic E-state index is 6.22. The van der Waals surface area contributed by atoms with E-state index in [-0.39, 0.29) is 0 Å². The number of H-pyrrole nitrogens is 1. The van der Waals surface area contributed by atoms with Crippen LogP contribution in [0.1, 0.15) is 11.4 Å². The molecule has 0 saturated carbocycles. The number of hydrogen-bond donors (Lipinski definition) is 1. The summed E-state index contributed by atoms with van der Waals surface area (Å²) in [4.78, 5) is 7.64. The molecule has 1 heterocycles. The topological polar surface area (TPSA) is 28.7 Å². The fourth-order valence-electron chi connectivity index (χ4n) is 2.12. The lowest BCUT2D eigenvalue weighted by atomic mass is 10.1. The molecule has 106 valence electrons. The number of halogens is 3. The van der Waals surface area contributed by atoms with Crippen LogP contribution >= 0.6 is 34.8 Å². The molecule has 0 aliphatic rings. The molecule has 0 unspecified atom stereocenters. The highest BCUT2D eigenvalue weighted by Gasteiger charge is 2.10. The van der Waals surface area contributed by atoms with E-state index < -0.39 is 0 Å². The Balaban J connectivity index is 1.90. The largest absolute Gasteiger partial charge is 0.342 e. The number of imidazole rings is 1. The zero-order chi connectivity index (χ0) is 14.8. The second-order valence-electron chi connectivity index (χ2n) is 4.61. The summed E-state index contributed by atoms with van der Waals surface area (Å²) in [6.07, 6.45) is 2.39. The summed E-state index contributed by atoms with van der Waals surface area (Å²) in [7, 11) is 0. The van der Waals surface area contributed by atoms with Gasteiger partial charge >= 0.3 is 0 Å². The zero-order valence-corrected chi connectivity index (χ0v) is 13.2. The molecule has 5 heteroatoms. The minimum atomic E-state index is 0.520. The number of aromatic amines is 1. The number of rotatable bonds is 3. The summed E-state index contributed by atoms with van der Waals surface area (Å²) in [6.45, 7) is 0. The van der Waals surface area contributed by atoms with E-state index in [4.69, 9.17) is 34.8 Å². The molecular weight excluding hydrogens is 327 g/mol. The minimum Gasteiger partial charge on any atom is -0.342 e. The smallest absolute Gasteiger partial charge is 0.110 e. The van der Waals surface area contributed by atoms with Crippen LogP contribution in [0.4, 0.5) is 0 Å². The maximum atomic E-state index is 6.22. The first-order chi connectivity index (χ1) is 10.1. The number of hydrogen-bond acceptors (Lipinski definition) is 1. The average Bonchev–Trinajstić information content (AvgIpc) is 2.93. The molecule has 0 spiro atoms. The predicted octanol–water partition coefficient (Wildman–Crippen LogP) is 5.63. The van der Waals surface area contributed by atoms with Gasteiger partial charge in [0.2, 0.25) is 0 Å². The third-order valence-electron chi connectivity index (χ3n) is 3.19. The molecule has 0 atom stereocenters. The van der Waals surface area contributed by atoms with Gasteiger partial charge in [-0.3, -0.25) is 0 Å². The molecule has 2 aromatic carbocycles. The highest BCUT2D eigenvalue weighted by molar-refractivity contribution is 6.43. The van der Waals surface area contributed by atoms with Crippen molar-refractivity contribution < 1.29 is 0 Å². The molecule has 0 radical (unpaired) electrons. The molecule has 2 nitrogen and oxygen atoms in total. The summed E-state index contributed by atoms with van der Waals surface area (Å²) in [6, 6.07) is 13.2. The summed E-state index contributed by atoms with van der Waals surface area (Å²) in [5, 5.41) is 1.78. The van der Waals surface area contributed by atoms with Crippen LogP contribution in [0.5, 0.6) is 0 Å². The number of nitrogens with one attached hydrogen (secondary N) is 1. The second-order valence-corrected chi connectivity index (χ2v) is 5.81.